The lowest BCUT2D eigenvalue weighted by Crippen LogP contribution is -2.23. The molecule has 0 aliphatic rings. The van der Waals surface area contributed by atoms with Crippen molar-refractivity contribution in [3.05, 3.63) is 52.6 Å². The number of hydrogen-bond donors (Lipinski definition) is 1. The zero-order valence-electron chi connectivity index (χ0n) is 13.5. The largest absolute Gasteiger partial charge is 0.501 e. The second-order valence-corrected chi connectivity index (χ2v) is 7.08. The van der Waals surface area contributed by atoms with Crippen molar-refractivity contribution < 1.29 is 36.0 Å². The third-order valence-electron chi connectivity index (χ3n) is 3.14. The van der Waals surface area contributed by atoms with Gasteiger partial charge in [0.05, 0.1) is 9.82 Å². The predicted octanol–water partition coefficient (Wildman–Crippen LogP) is 3.64. The van der Waals surface area contributed by atoms with Gasteiger partial charge in [0, 0.05) is 18.7 Å². The van der Waals surface area contributed by atoms with Crippen molar-refractivity contribution in [2.45, 2.75) is 17.3 Å². The van der Waals surface area contributed by atoms with Crippen LogP contribution in [0.1, 0.15) is 6.92 Å². The molecule has 0 aliphatic heterocycles. The van der Waals surface area contributed by atoms with Crippen LogP contribution in [0, 0.1) is 10.1 Å². The van der Waals surface area contributed by atoms with Crippen molar-refractivity contribution >= 4 is 27.1 Å². The molecular weight excluding hydrogens is 393 g/mol. The number of carbonyl (C=O) groups excluding carboxylic acids is 1. The first-order chi connectivity index (χ1) is 12.4. The topological polar surface area (TPSA) is 116 Å². The summed E-state index contributed by atoms with van der Waals surface area (Å²) in [4.78, 5) is 19.7. The van der Waals surface area contributed by atoms with Crippen molar-refractivity contribution in [3.8, 4) is 11.5 Å². The number of amides is 1. The Hall–Kier alpha value is -3.15. The molecule has 0 aliphatic carbocycles. The maximum atomic E-state index is 12.6. The second-order valence-electron chi connectivity index (χ2n) is 5.14. The van der Waals surface area contributed by atoms with Crippen molar-refractivity contribution in [2.24, 2.45) is 0 Å². The van der Waals surface area contributed by atoms with E-state index >= 15 is 0 Å². The molecule has 1 N–H and O–H groups in total. The fourth-order valence-corrected chi connectivity index (χ4v) is 2.74. The lowest BCUT2D eigenvalue weighted by molar-refractivity contribution is -0.385. The van der Waals surface area contributed by atoms with Crippen molar-refractivity contribution in [1.29, 1.82) is 0 Å². The molecule has 0 spiro atoms. The van der Waals surface area contributed by atoms with Gasteiger partial charge in [-0.2, -0.15) is 13.2 Å². The molecule has 0 bridgehead atoms. The molecule has 0 saturated carbocycles. The van der Waals surface area contributed by atoms with Crippen molar-refractivity contribution in [1.82, 2.24) is 0 Å². The van der Waals surface area contributed by atoms with Gasteiger partial charge in [0.2, 0.25) is 11.7 Å². The van der Waals surface area contributed by atoms with Crippen LogP contribution in [0.3, 0.4) is 0 Å². The van der Waals surface area contributed by atoms with Crippen molar-refractivity contribution in [2.75, 3.05) is 5.32 Å². The third kappa shape index (κ3) is 4.53. The van der Waals surface area contributed by atoms with Gasteiger partial charge in [-0.3, -0.25) is 14.9 Å². The normalized spacial score (nSPS) is 11.7. The molecule has 0 radical (unpaired) electrons. The smallest absolute Gasteiger partial charge is 0.450 e. The van der Waals surface area contributed by atoms with Crippen LogP contribution < -0.4 is 10.1 Å². The Morgan fingerprint density at radius 3 is 2.22 bits per heavy atom. The van der Waals surface area contributed by atoms with E-state index in [4.69, 9.17) is 4.74 Å². The van der Waals surface area contributed by atoms with Crippen LogP contribution in [-0.2, 0) is 14.6 Å². The van der Waals surface area contributed by atoms with E-state index in [9.17, 15) is 36.5 Å². The molecule has 2 aromatic carbocycles. The highest BCUT2D eigenvalue weighted by Crippen LogP contribution is 2.37. The third-order valence-corrected chi connectivity index (χ3v) is 4.63. The van der Waals surface area contributed by atoms with E-state index in [1.54, 1.807) is 0 Å². The molecule has 0 heterocycles. The molecule has 0 unspecified atom stereocenters. The van der Waals surface area contributed by atoms with Crippen LogP contribution >= 0.6 is 0 Å². The maximum Gasteiger partial charge on any atom is 0.501 e. The SMILES string of the molecule is CC(=O)Nc1ccc(Oc2ccc(S(=O)(=O)C(F)(F)F)cc2[N+](=O)[O-])cc1. The molecule has 144 valence electrons. The number of rotatable bonds is 5. The fraction of sp³-hybridized carbons (Fsp3) is 0.133. The summed E-state index contributed by atoms with van der Waals surface area (Å²) in [5, 5.41) is 13.6. The van der Waals surface area contributed by atoms with E-state index in [0.717, 1.165) is 6.07 Å². The van der Waals surface area contributed by atoms with Crippen LogP contribution in [0.15, 0.2) is 47.4 Å². The summed E-state index contributed by atoms with van der Waals surface area (Å²) in [5.74, 6) is -0.687. The quantitative estimate of drug-likeness (QED) is 0.601. The minimum Gasteiger partial charge on any atom is -0.450 e. The standard InChI is InChI=1S/C15H11F3N2O6S/c1-9(21)19-10-2-4-11(5-3-10)26-14-7-6-12(8-13(14)20(22)23)27(24,25)15(16,17)18/h2-8H,1H3,(H,19,21). The van der Waals surface area contributed by atoms with Crippen LogP contribution in [-0.4, -0.2) is 24.8 Å². The van der Waals surface area contributed by atoms with E-state index in [1.807, 2.05) is 0 Å². The number of nitrogens with one attached hydrogen (secondary N) is 1. The Bertz CT molecular complexity index is 988. The molecule has 1 amide bonds. The molecule has 0 atom stereocenters. The Balaban J connectivity index is 2.38. The highest BCUT2D eigenvalue weighted by molar-refractivity contribution is 7.92. The van der Waals surface area contributed by atoms with E-state index in [2.05, 4.69) is 5.32 Å². The average molecular weight is 404 g/mol. The fourth-order valence-electron chi connectivity index (χ4n) is 1.96. The number of hydrogen-bond acceptors (Lipinski definition) is 6. The number of halogens is 3. The van der Waals surface area contributed by atoms with Crippen LogP contribution in [0.25, 0.3) is 0 Å². The number of sulfone groups is 1. The summed E-state index contributed by atoms with van der Waals surface area (Å²) in [7, 11) is -5.74. The Morgan fingerprint density at radius 1 is 1.15 bits per heavy atom. The minimum atomic E-state index is -5.74. The van der Waals surface area contributed by atoms with Gasteiger partial charge in [-0.1, -0.05) is 0 Å². The Kier molecular flexibility index (Phi) is 5.40. The summed E-state index contributed by atoms with van der Waals surface area (Å²) in [6, 6.07) is 7.19. The summed E-state index contributed by atoms with van der Waals surface area (Å²) in [6.45, 7) is 1.30. The molecule has 0 fully saturated rings. The molecule has 0 saturated heterocycles. The summed E-state index contributed by atoms with van der Waals surface area (Å²) in [5.41, 5.74) is -6.12. The maximum absolute atomic E-state index is 12.6. The molecule has 0 aromatic heterocycles. The molecule has 2 aromatic rings. The van der Waals surface area contributed by atoms with Crippen LogP contribution in [0.4, 0.5) is 24.5 Å². The number of alkyl halides is 3. The molecule has 12 heteroatoms. The first kappa shape index (κ1) is 20.2. The zero-order valence-corrected chi connectivity index (χ0v) is 14.3. The van der Waals surface area contributed by atoms with Gasteiger partial charge in [0.15, 0.2) is 0 Å². The van der Waals surface area contributed by atoms with E-state index < -0.39 is 36.6 Å². The lowest BCUT2D eigenvalue weighted by atomic mass is 10.2. The number of nitro benzene ring substituents is 1. The number of benzene rings is 2. The number of anilines is 1. The predicted molar refractivity (Wildman–Crippen MR) is 87.2 cm³/mol. The van der Waals surface area contributed by atoms with Gasteiger partial charge < -0.3 is 10.1 Å². The van der Waals surface area contributed by atoms with Gasteiger partial charge in [-0.15, -0.1) is 0 Å². The Labute approximate surface area is 150 Å². The van der Waals surface area contributed by atoms with Crippen molar-refractivity contribution in [3.63, 3.8) is 0 Å². The monoisotopic (exact) mass is 404 g/mol. The zero-order chi connectivity index (χ0) is 20.4. The lowest BCUT2D eigenvalue weighted by Gasteiger charge is -2.10. The summed E-state index contributed by atoms with van der Waals surface area (Å²) < 4.78 is 65.9. The molecular formula is C15H11F3N2O6S. The highest BCUT2D eigenvalue weighted by Gasteiger charge is 2.47. The molecule has 8 nitrogen and oxygen atoms in total. The molecule has 27 heavy (non-hydrogen) atoms. The highest BCUT2D eigenvalue weighted by atomic mass is 32.2. The number of nitro groups is 1. The first-order valence-corrected chi connectivity index (χ1v) is 8.55. The van der Waals surface area contributed by atoms with Gasteiger partial charge in [0.25, 0.3) is 9.84 Å². The van der Waals surface area contributed by atoms with Gasteiger partial charge in [-0.25, -0.2) is 8.42 Å². The first-order valence-electron chi connectivity index (χ1n) is 7.07. The van der Waals surface area contributed by atoms with Crippen LogP contribution in [0.2, 0.25) is 0 Å². The number of ether oxygens (including phenoxy) is 1. The minimum absolute atomic E-state index is 0.0821. The summed E-state index contributed by atoms with van der Waals surface area (Å²) >= 11 is 0. The van der Waals surface area contributed by atoms with Gasteiger partial charge >= 0.3 is 11.2 Å². The van der Waals surface area contributed by atoms with E-state index in [-0.39, 0.29) is 17.7 Å². The number of nitrogens with zero attached hydrogens (tertiary/aromatic N) is 1. The van der Waals surface area contributed by atoms with E-state index in [1.165, 1.54) is 31.2 Å². The van der Waals surface area contributed by atoms with Gasteiger partial charge in [0.1, 0.15) is 5.75 Å². The Morgan fingerprint density at radius 2 is 1.74 bits per heavy atom. The second kappa shape index (κ2) is 7.23. The van der Waals surface area contributed by atoms with Gasteiger partial charge in [-0.05, 0) is 36.4 Å². The van der Waals surface area contributed by atoms with E-state index in [0.29, 0.717) is 11.8 Å². The van der Waals surface area contributed by atoms with Crippen LogP contribution in [0.5, 0.6) is 11.5 Å². The number of carbonyl (C=O) groups is 1. The molecule has 2 rings (SSSR count). The average Bonchev–Trinajstić information content (AvgIpc) is 2.55. The summed E-state index contributed by atoms with van der Waals surface area (Å²) in [6.07, 6.45) is 0.